The fourth-order valence-electron chi connectivity index (χ4n) is 1.76. The molecule has 3 unspecified atom stereocenters. The Hall–Kier alpha value is -1.14. The Morgan fingerprint density at radius 1 is 1.56 bits per heavy atom. The lowest BCUT2D eigenvalue weighted by atomic mass is 9.96. The minimum absolute atomic E-state index is 0.255. The van der Waals surface area contributed by atoms with Gasteiger partial charge in [-0.2, -0.15) is 0 Å². The van der Waals surface area contributed by atoms with Crippen LogP contribution in [-0.2, 0) is 0 Å². The van der Waals surface area contributed by atoms with E-state index < -0.39 is 0 Å². The third-order valence-electron chi connectivity index (χ3n) is 3.01. The summed E-state index contributed by atoms with van der Waals surface area (Å²) >= 11 is 0. The van der Waals surface area contributed by atoms with E-state index in [1.807, 2.05) is 11.8 Å². The average Bonchev–Trinajstić information content (AvgIpc) is 2.71. The van der Waals surface area contributed by atoms with E-state index in [1.54, 1.807) is 6.92 Å². The number of anilines is 1. The molecule has 0 spiro atoms. The number of nitrogens with two attached hydrogens (primary N) is 1. The summed E-state index contributed by atoms with van der Waals surface area (Å²) in [6.07, 6.45) is 0.594. The van der Waals surface area contributed by atoms with Crippen LogP contribution in [0.25, 0.3) is 0 Å². The van der Waals surface area contributed by atoms with E-state index in [0.717, 1.165) is 13.0 Å². The number of hydrogen-bond acceptors (Lipinski definition) is 6. The van der Waals surface area contributed by atoms with E-state index in [0.29, 0.717) is 24.4 Å². The van der Waals surface area contributed by atoms with Crippen LogP contribution in [0, 0.1) is 5.92 Å². The maximum atomic E-state index is 9.77. The van der Waals surface area contributed by atoms with Crippen molar-refractivity contribution in [1.82, 2.24) is 10.2 Å². The summed E-state index contributed by atoms with van der Waals surface area (Å²) in [5, 5.41) is 17.6. The highest BCUT2D eigenvalue weighted by Gasteiger charge is 2.27. The van der Waals surface area contributed by atoms with Crippen LogP contribution in [0.2, 0.25) is 0 Å². The maximum Gasteiger partial charge on any atom is 0.318 e. The standard InChI is InChI=1S/C10H18N4O2/c1-6-3-4-14(5-8(6)15)10-13-12-9(16-10)7(2)11/h6-8,15H,3-5,11H2,1-2H3. The van der Waals surface area contributed by atoms with Crippen molar-refractivity contribution in [2.75, 3.05) is 18.0 Å². The van der Waals surface area contributed by atoms with Crippen LogP contribution in [0.1, 0.15) is 32.2 Å². The molecule has 0 radical (unpaired) electrons. The molecule has 6 nitrogen and oxygen atoms in total. The predicted molar refractivity (Wildman–Crippen MR) is 58.9 cm³/mol. The molecule has 3 atom stereocenters. The second kappa shape index (κ2) is 4.39. The Balaban J connectivity index is 2.07. The highest BCUT2D eigenvalue weighted by Crippen LogP contribution is 2.23. The summed E-state index contributed by atoms with van der Waals surface area (Å²) in [4.78, 5) is 1.91. The van der Waals surface area contributed by atoms with E-state index in [-0.39, 0.29) is 12.1 Å². The lowest BCUT2D eigenvalue weighted by Gasteiger charge is -2.32. The number of nitrogens with zero attached hydrogens (tertiary/aromatic N) is 3. The fraction of sp³-hybridized carbons (Fsp3) is 0.800. The van der Waals surface area contributed by atoms with Crippen LogP contribution in [0.15, 0.2) is 4.42 Å². The molecule has 90 valence electrons. The van der Waals surface area contributed by atoms with Gasteiger partial charge in [-0.25, -0.2) is 0 Å². The molecule has 0 aliphatic carbocycles. The van der Waals surface area contributed by atoms with Crippen molar-refractivity contribution in [3.05, 3.63) is 5.89 Å². The van der Waals surface area contributed by atoms with Crippen LogP contribution in [0.5, 0.6) is 0 Å². The van der Waals surface area contributed by atoms with E-state index in [9.17, 15) is 5.11 Å². The molecule has 1 saturated heterocycles. The molecule has 1 aromatic rings. The number of hydrogen-bond donors (Lipinski definition) is 2. The Labute approximate surface area is 94.4 Å². The number of aromatic nitrogens is 2. The molecule has 2 heterocycles. The van der Waals surface area contributed by atoms with Crippen LogP contribution < -0.4 is 10.6 Å². The van der Waals surface area contributed by atoms with Gasteiger partial charge in [0.2, 0.25) is 5.89 Å². The van der Waals surface area contributed by atoms with E-state index in [1.165, 1.54) is 0 Å². The molecular weight excluding hydrogens is 208 g/mol. The highest BCUT2D eigenvalue weighted by molar-refractivity contribution is 5.25. The fourth-order valence-corrected chi connectivity index (χ4v) is 1.76. The van der Waals surface area contributed by atoms with Crippen LogP contribution in [-0.4, -0.2) is 34.5 Å². The van der Waals surface area contributed by atoms with E-state index in [2.05, 4.69) is 10.2 Å². The lowest BCUT2D eigenvalue weighted by molar-refractivity contribution is 0.101. The number of piperidine rings is 1. The van der Waals surface area contributed by atoms with Crippen LogP contribution in [0.4, 0.5) is 6.01 Å². The Morgan fingerprint density at radius 3 is 2.88 bits per heavy atom. The summed E-state index contributed by atoms with van der Waals surface area (Å²) in [6.45, 7) is 5.22. The lowest BCUT2D eigenvalue weighted by Crippen LogP contribution is -2.43. The van der Waals surface area contributed by atoms with Crippen molar-refractivity contribution in [2.45, 2.75) is 32.4 Å². The maximum absolute atomic E-state index is 9.77. The zero-order chi connectivity index (χ0) is 11.7. The van der Waals surface area contributed by atoms with Crippen LogP contribution >= 0.6 is 0 Å². The van der Waals surface area contributed by atoms with Gasteiger partial charge in [0, 0.05) is 13.1 Å². The molecule has 1 aliphatic rings. The van der Waals surface area contributed by atoms with E-state index >= 15 is 0 Å². The Bertz CT molecular complexity index is 352. The molecule has 0 aromatic carbocycles. The van der Waals surface area contributed by atoms with Crippen molar-refractivity contribution < 1.29 is 9.52 Å². The molecule has 0 amide bonds. The third kappa shape index (κ3) is 2.17. The molecule has 1 aromatic heterocycles. The molecule has 3 N–H and O–H groups in total. The topological polar surface area (TPSA) is 88.4 Å². The van der Waals surface area contributed by atoms with Gasteiger partial charge in [-0.1, -0.05) is 12.0 Å². The first-order valence-corrected chi connectivity index (χ1v) is 5.60. The van der Waals surface area contributed by atoms with E-state index in [4.69, 9.17) is 10.2 Å². The molecular formula is C10H18N4O2. The molecule has 1 aliphatic heterocycles. The minimum Gasteiger partial charge on any atom is -0.406 e. The SMILES string of the molecule is CC(N)c1nnc(N2CCC(C)C(O)C2)o1. The van der Waals surface area contributed by atoms with Crippen molar-refractivity contribution >= 4 is 6.01 Å². The van der Waals surface area contributed by atoms with Gasteiger partial charge in [-0.05, 0) is 19.3 Å². The number of rotatable bonds is 2. The van der Waals surface area contributed by atoms with Gasteiger partial charge in [-0.15, -0.1) is 5.10 Å². The molecule has 1 fully saturated rings. The summed E-state index contributed by atoms with van der Waals surface area (Å²) in [7, 11) is 0. The zero-order valence-corrected chi connectivity index (χ0v) is 9.63. The largest absolute Gasteiger partial charge is 0.406 e. The van der Waals surface area contributed by atoms with Crippen molar-refractivity contribution in [3.63, 3.8) is 0 Å². The number of aliphatic hydroxyl groups is 1. The zero-order valence-electron chi connectivity index (χ0n) is 9.63. The Kier molecular flexibility index (Phi) is 3.11. The Morgan fingerprint density at radius 2 is 2.31 bits per heavy atom. The van der Waals surface area contributed by atoms with Gasteiger partial charge in [-0.3, -0.25) is 0 Å². The second-order valence-corrected chi connectivity index (χ2v) is 4.49. The normalized spacial score (nSPS) is 28.1. The van der Waals surface area contributed by atoms with Crippen molar-refractivity contribution in [1.29, 1.82) is 0 Å². The first kappa shape index (κ1) is 11.3. The van der Waals surface area contributed by atoms with Gasteiger partial charge in [0.25, 0.3) is 0 Å². The molecule has 6 heteroatoms. The molecule has 16 heavy (non-hydrogen) atoms. The highest BCUT2D eigenvalue weighted by atomic mass is 16.4. The smallest absolute Gasteiger partial charge is 0.318 e. The number of β-amino-alcohol motifs (C(OH)–C–C–N with tert-alkyl or cyclic N) is 1. The molecule has 2 rings (SSSR count). The van der Waals surface area contributed by atoms with Gasteiger partial charge >= 0.3 is 6.01 Å². The number of aliphatic hydroxyl groups excluding tert-OH is 1. The first-order valence-electron chi connectivity index (χ1n) is 5.60. The van der Waals surface area contributed by atoms with Crippen molar-refractivity contribution in [2.24, 2.45) is 11.7 Å². The third-order valence-corrected chi connectivity index (χ3v) is 3.01. The summed E-state index contributed by atoms with van der Waals surface area (Å²) < 4.78 is 5.44. The summed E-state index contributed by atoms with van der Waals surface area (Å²) in [6, 6.07) is 0.202. The average molecular weight is 226 g/mol. The van der Waals surface area contributed by atoms with Gasteiger partial charge < -0.3 is 20.2 Å². The summed E-state index contributed by atoms with van der Waals surface area (Å²) in [5.41, 5.74) is 5.64. The van der Waals surface area contributed by atoms with Crippen LogP contribution in [0.3, 0.4) is 0 Å². The minimum atomic E-state index is -0.334. The first-order chi connectivity index (χ1) is 7.58. The molecule has 0 saturated carbocycles. The van der Waals surface area contributed by atoms with Gasteiger partial charge in [0.1, 0.15) is 0 Å². The molecule has 0 bridgehead atoms. The van der Waals surface area contributed by atoms with Gasteiger partial charge in [0.15, 0.2) is 0 Å². The summed E-state index contributed by atoms with van der Waals surface area (Å²) in [5.74, 6) is 0.759. The monoisotopic (exact) mass is 226 g/mol. The van der Waals surface area contributed by atoms with Crippen molar-refractivity contribution in [3.8, 4) is 0 Å². The predicted octanol–water partition coefficient (Wildman–Crippen LogP) is 0.296. The quantitative estimate of drug-likeness (QED) is 0.753. The van der Waals surface area contributed by atoms with Gasteiger partial charge in [0.05, 0.1) is 12.1 Å². The second-order valence-electron chi connectivity index (χ2n) is 4.49.